The van der Waals surface area contributed by atoms with Crippen LogP contribution in [-0.2, 0) is 4.74 Å². The summed E-state index contributed by atoms with van der Waals surface area (Å²) in [6.07, 6.45) is -0.335. The van der Waals surface area contributed by atoms with Crippen LogP contribution >= 0.6 is 0 Å². The quantitative estimate of drug-likeness (QED) is 0.702. The molecule has 1 aliphatic heterocycles. The number of rotatable bonds is 3. The minimum atomic E-state index is -0.335. The molecule has 6 nitrogen and oxygen atoms in total. The van der Waals surface area contributed by atoms with Crippen molar-refractivity contribution >= 4 is 5.91 Å². The topological polar surface area (TPSA) is 64.4 Å². The fourth-order valence-corrected chi connectivity index (χ4v) is 3.15. The minimum absolute atomic E-state index is 0.184. The molecule has 0 N–H and O–H groups in total. The molecule has 2 heterocycles. The predicted molar refractivity (Wildman–Crippen MR) is 101 cm³/mol. The number of nitrogens with zero attached hydrogens (tertiary/aromatic N) is 3. The molecule has 1 atom stereocenters. The highest BCUT2D eigenvalue weighted by molar-refractivity contribution is 5.92. The maximum atomic E-state index is 13.1. The van der Waals surface area contributed by atoms with Crippen LogP contribution in [0.3, 0.4) is 0 Å². The molecule has 1 aliphatic rings. The van der Waals surface area contributed by atoms with E-state index in [4.69, 9.17) is 4.74 Å². The van der Waals surface area contributed by atoms with E-state index in [1.807, 2.05) is 6.07 Å². The third kappa shape index (κ3) is 3.70. The van der Waals surface area contributed by atoms with Gasteiger partial charge in [0.05, 0.1) is 18.8 Å². The van der Waals surface area contributed by atoms with Crippen LogP contribution in [0, 0.1) is 5.82 Å². The normalized spacial score (nSPS) is 16.8. The molecule has 28 heavy (non-hydrogen) atoms. The van der Waals surface area contributed by atoms with Crippen LogP contribution in [0.25, 0.3) is 5.69 Å². The number of halogens is 1. The lowest BCUT2D eigenvalue weighted by atomic mass is 10.1. The second kappa shape index (κ2) is 7.74. The fraction of sp³-hybridized carbons (Fsp3) is 0.190. The van der Waals surface area contributed by atoms with Gasteiger partial charge in [-0.05, 0) is 35.9 Å². The van der Waals surface area contributed by atoms with E-state index >= 15 is 0 Å². The Morgan fingerprint density at radius 3 is 2.54 bits per heavy atom. The third-order valence-electron chi connectivity index (χ3n) is 4.62. The van der Waals surface area contributed by atoms with Gasteiger partial charge in [-0.15, -0.1) is 0 Å². The molecule has 0 radical (unpaired) electrons. The van der Waals surface area contributed by atoms with Crippen LogP contribution in [0.2, 0.25) is 0 Å². The number of ether oxygens (including phenoxy) is 1. The summed E-state index contributed by atoms with van der Waals surface area (Å²) in [6, 6.07) is 17.8. The highest BCUT2D eigenvalue weighted by Gasteiger charge is 2.27. The molecule has 1 unspecified atom stereocenters. The number of para-hydroxylation sites is 1. The molecule has 7 heteroatoms. The Hall–Kier alpha value is -3.32. The van der Waals surface area contributed by atoms with Gasteiger partial charge >= 0.3 is 0 Å². The molecular weight excluding hydrogens is 361 g/mol. The minimum Gasteiger partial charge on any atom is -0.370 e. The van der Waals surface area contributed by atoms with Crippen molar-refractivity contribution in [2.75, 3.05) is 19.7 Å². The first-order valence-electron chi connectivity index (χ1n) is 8.94. The Bertz CT molecular complexity index is 1030. The summed E-state index contributed by atoms with van der Waals surface area (Å²) in [5, 5.41) is 4.25. The second-order valence-corrected chi connectivity index (χ2v) is 6.47. The predicted octanol–water partition coefficient (Wildman–Crippen LogP) is 2.59. The zero-order valence-electron chi connectivity index (χ0n) is 15.0. The average Bonchev–Trinajstić information content (AvgIpc) is 2.75. The number of benzene rings is 2. The highest BCUT2D eigenvalue weighted by atomic mass is 19.1. The zero-order valence-corrected chi connectivity index (χ0v) is 15.0. The van der Waals surface area contributed by atoms with E-state index in [1.54, 1.807) is 41.3 Å². The summed E-state index contributed by atoms with van der Waals surface area (Å²) in [5.41, 5.74) is 1.27. The number of amides is 1. The van der Waals surface area contributed by atoms with Crippen LogP contribution < -0.4 is 5.56 Å². The van der Waals surface area contributed by atoms with Crippen molar-refractivity contribution < 1.29 is 13.9 Å². The van der Waals surface area contributed by atoms with Gasteiger partial charge in [-0.3, -0.25) is 9.59 Å². The van der Waals surface area contributed by atoms with E-state index < -0.39 is 0 Å². The average molecular weight is 379 g/mol. The summed E-state index contributed by atoms with van der Waals surface area (Å²) >= 11 is 0. The molecule has 142 valence electrons. The lowest BCUT2D eigenvalue weighted by Gasteiger charge is -2.33. The van der Waals surface area contributed by atoms with Gasteiger partial charge in [0.15, 0.2) is 0 Å². The molecule has 1 aromatic heterocycles. The van der Waals surface area contributed by atoms with Crippen LogP contribution in [0.1, 0.15) is 22.2 Å². The summed E-state index contributed by atoms with van der Waals surface area (Å²) in [5.74, 6) is -0.597. The molecule has 0 aliphatic carbocycles. The molecule has 3 aromatic rings. The van der Waals surface area contributed by atoms with Crippen molar-refractivity contribution in [1.29, 1.82) is 0 Å². The number of morpholine rings is 1. The van der Waals surface area contributed by atoms with Gasteiger partial charge in [0.25, 0.3) is 11.5 Å². The monoisotopic (exact) mass is 379 g/mol. The summed E-state index contributed by atoms with van der Waals surface area (Å²) in [6.45, 7) is 1.12. The van der Waals surface area contributed by atoms with E-state index in [9.17, 15) is 14.0 Å². The highest BCUT2D eigenvalue weighted by Crippen LogP contribution is 2.23. The number of carbonyl (C=O) groups excluding carboxylic acids is 1. The van der Waals surface area contributed by atoms with Gasteiger partial charge in [-0.2, -0.15) is 9.78 Å². The molecule has 1 amide bonds. The lowest BCUT2D eigenvalue weighted by Crippen LogP contribution is -2.43. The molecule has 0 spiro atoms. The lowest BCUT2D eigenvalue weighted by molar-refractivity contribution is -0.0231. The molecule has 1 saturated heterocycles. The molecule has 0 saturated carbocycles. The summed E-state index contributed by atoms with van der Waals surface area (Å²) < 4.78 is 20.1. The Morgan fingerprint density at radius 2 is 1.79 bits per heavy atom. The van der Waals surface area contributed by atoms with E-state index in [0.717, 1.165) is 5.56 Å². The molecule has 2 aromatic carbocycles. The molecule has 1 fully saturated rings. The number of hydrogen-bond acceptors (Lipinski definition) is 4. The number of hydrogen-bond donors (Lipinski definition) is 0. The zero-order chi connectivity index (χ0) is 19.5. The largest absolute Gasteiger partial charge is 0.370 e. The first-order valence-corrected chi connectivity index (χ1v) is 8.94. The van der Waals surface area contributed by atoms with Crippen LogP contribution in [0.4, 0.5) is 4.39 Å². The van der Waals surface area contributed by atoms with Crippen LogP contribution in [-0.4, -0.2) is 40.3 Å². The van der Waals surface area contributed by atoms with Gasteiger partial charge in [-0.25, -0.2) is 4.39 Å². The molecule has 0 bridgehead atoms. The Balaban J connectivity index is 1.57. The van der Waals surface area contributed by atoms with E-state index in [1.165, 1.54) is 28.9 Å². The van der Waals surface area contributed by atoms with Crippen molar-refractivity contribution in [3.05, 3.63) is 94.2 Å². The molecule has 4 rings (SSSR count). The summed E-state index contributed by atoms with van der Waals surface area (Å²) in [4.78, 5) is 26.8. The first-order chi connectivity index (χ1) is 13.6. The maximum absolute atomic E-state index is 13.1. The van der Waals surface area contributed by atoms with Gasteiger partial charge in [0.1, 0.15) is 17.6 Å². The Morgan fingerprint density at radius 1 is 1.04 bits per heavy atom. The first kappa shape index (κ1) is 18.1. The Labute approximate surface area is 160 Å². The number of carbonyl (C=O) groups is 1. The van der Waals surface area contributed by atoms with Crippen molar-refractivity contribution in [2.45, 2.75) is 6.10 Å². The van der Waals surface area contributed by atoms with Crippen LogP contribution in [0.15, 0.2) is 71.5 Å². The van der Waals surface area contributed by atoms with Gasteiger partial charge in [0, 0.05) is 12.6 Å². The van der Waals surface area contributed by atoms with Crippen LogP contribution in [0.5, 0.6) is 0 Å². The van der Waals surface area contributed by atoms with Crippen molar-refractivity contribution in [1.82, 2.24) is 14.7 Å². The summed E-state index contributed by atoms with van der Waals surface area (Å²) in [7, 11) is 0. The second-order valence-electron chi connectivity index (χ2n) is 6.47. The standard InChI is InChI=1S/C21H18FN3O3/c22-16-8-6-15(7-9-16)19-14-24(12-13-28-19)21(27)18-10-11-20(26)25(23-18)17-4-2-1-3-5-17/h1-11,19H,12-14H2. The maximum Gasteiger partial charge on any atom is 0.274 e. The fourth-order valence-electron chi connectivity index (χ4n) is 3.15. The van der Waals surface area contributed by atoms with Gasteiger partial charge < -0.3 is 9.64 Å². The smallest absolute Gasteiger partial charge is 0.274 e. The molecular formula is C21H18FN3O3. The van der Waals surface area contributed by atoms with E-state index in [2.05, 4.69) is 5.10 Å². The number of aromatic nitrogens is 2. The SMILES string of the molecule is O=C(c1ccc(=O)n(-c2ccccc2)n1)N1CCOC(c2ccc(F)cc2)C1. The van der Waals surface area contributed by atoms with E-state index in [0.29, 0.717) is 25.4 Å². The van der Waals surface area contributed by atoms with E-state index in [-0.39, 0.29) is 29.1 Å². The van der Waals surface area contributed by atoms with Gasteiger partial charge in [0.2, 0.25) is 0 Å². The Kier molecular flexibility index (Phi) is 4.99. The van der Waals surface area contributed by atoms with Crippen molar-refractivity contribution in [3.8, 4) is 5.69 Å². The van der Waals surface area contributed by atoms with Crippen molar-refractivity contribution in [2.24, 2.45) is 0 Å². The third-order valence-corrected chi connectivity index (χ3v) is 4.62. The van der Waals surface area contributed by atoms with Crippen molar-refractivity contribution in [3.63, 3.8) is 0 Å². The van der Waals surface area contributed by atoms with Gasteiger partial charge in [-0.1, -0.05) is 30.3 Å².